The van der Waals surface area contributed by atoms with Gasteiger partial charge in [0.25, 0.3) is 11.8 Å². The molecule has 0 aliphatic carbocycles. The molecule has 0 fully saturated rings. The van der Waals surface area contributed by atoms with Gasteiger partial charge in [-0.15, -0.1) is 0 Å². The second-order valence-electron chi connectivity index (χ2n) is 6.65. The van der Waals surface area contributed by atoms with Crippen LogP contribution in [0.3, 0.4) is 0 Å². The summed E-state index contributed by atoms with van der Waals surface area (Å²) < 4.78 is 0. The Kier molecular flexibility index (Phi) is 6.42. The van der Waals surface area contributed by atoms with Gasteiger partial charge in [-0.25, -0.2) is 0 Å². The highest BCUT2D eigenvalue weighted by Crippen LogP contribution is 2.27. The molecule has 0 bridgehead atoms. The number of halogens is 1. The zero-order chi connectivity index (χ0) is 20.3. The third kappa shape index (κ3) is 4.08. The van der Waals surface area contributed by atoms with Gasteiger partial charge in [0, 0.05) is 18.6 Å². The minimum absolute atomic E-state index is 0.261. The minimum Gasteiger partial charge on any atom is -0.340 e. The number of rotatable bonds is 7. The van der Waals surface area contributed by atoms with Gasteiger partial charge in [-0.1, -0.05) is 35.9 Å². The van der Waals surface area contributed by atoms with Gasteiger partial charge in [0.15, 0.2) is 0 Å². The maximum Gasteiger partial charge on any atom is 0.262 e. The van der Waals surface area contributed by atoms with Crippen LogP contribution in [0.1, 0.15) is 32.7 Å². The molecular formula is C21H21ClN2O3S. The average Bonchev–Trinajstić information content (AvgIpc) is 2.93. The van der Waals surface area contributed by atoms with Crippen LogP contribution in [0.15, 0.2) is 48.5 Å². The smallest absolute Gasteiger partial charge is 0.262 e. The molecular weight excluding hydrogens is 396 g/mol. The Morgan fingerprint density at radius 3 is 2.32 bits per heavy atom. The van der Waals surface area contributed by atoms with Crippen LogP contribution < -0.4 is 0 Å². The molecule has 146 valence electrons. The fourth-order valence-electron chi connectivity index (χ4n) is 3.32. The van der Waals surface area contributed by atoms with Crippen LogP contribution in [0, 0.1) is 0 Å². The monoisotopic (exact) mass is 416 g/mol. The lowest BCUT2D eigenvalue weighted by molar-refractivity contribution is -0.134. The standard InChI is InChI=1S/C21H21ClN2O3S/c1-23(13-14-6-5-7-15(22)12-14)21(27)18(10-11-28-2)24-19(25)16-8-3-4-9-17(16)20(24)26/h3-9,12,18H,10-11,13H2,1-2H3. The van der Waals surface area contributed by atoms with E-state index in [1.165, 1.54) is 0 Å². The first-order valence-corrected chi connectivity index (χ1v) is 10.7. The van der Waals surface area contributed by atoms with Crippen molar-refractivity contribution in [3.8, 4) is 0 Å². The fourth-order valence-corrected chi connectivity index (χ4v) is 4.00. The summed E-state index contributed by atoms with van der Waals surface area (Å²) in [4.78, 5) is 41.6. The van der Waals surface area contributed by atoms with Crippen LogP contribution in [0.5, 0.6) is 0 Å². The number of imide groups is 1. The largest absolute Gasteiger partial charge is 0.340 e. The molecule has 1 atom stereocenters. The van der Waals surface area contributed by atoms with Crippen LogP contribution in [0.2, 0.25) is 5.02 Å². The number of hydrogen-bond acceptors (Lipinski definition) is 4. The lowest BCUT2D eigenvalue weighted by Crippen LogP contribution is -2.50. The number of amides is 3. The van der Waals surface area contributed by atoms with E-state index in [1.807, 2.05) is 18.4 Å². The summed E-state index contributed by atoms with van der Waals surface area (Å²) in [6, 6.07) is 13.1. The zero-order valence-corrected chi connectivity index (χ0v) is 17.3. The first-order chi connectivity index (χ1) is 13.4. The maximum absolute atomic E-state index is 13.2. The van der Waals surface area contributed by atoms with Gasteiger partial charge in [-0.3, -0.25) is 19.3 Å². The lowest BCUT2D eigenvalue weighted by Gasteiger charge is -2.29. The van der Waals surface area contributed by atoms with Crippen molar-refractivity contribution >= 4 is 41.1 Å². The number of likely N-dealkylation sites (N-methyl/N-ethyl adjacent to an activating group) is 1. The zero-order valence-electron chi connectivity index (χ0n) is 15.7. The molecule has 1 heterocycles. The van der Waals surface area contributed by atoms with Crippen molar-refractivity contribution in [3.63, 3.8) is 0 Å². The molecule has 0 saturated carbocycles. The number of fused-ring (bicyclic) bond motifs is 1. The average molecular weight is 417 g/mol. The van der Waals surface area contributed by atoms with Crippen molar-refractivity contribution in [2.75, 3.05) is 19.1 Å². The van der Waals surface area contributed by atoms with E-state index in [0.29, 0.717) is 34.9 Å². The Hall–Kier alpha value is -2.31. The summed E-state index contributed by atoms with van der Waals surface area (Å²) in [5, 5.41) is 0.595. The van der Waals surface area contributed by atoms with E-state index in [-0.39, 0.29) is 5.91 Å². The van der Waals surface area contributed by atoms with Gasteiger partial charge < -0.3 is 4.90 Å². The van der Waals surface area contributed by atoms with Crippen molar-refractivity contribution in [2.45, 2.75) is 19.0 Å². The van der Waals surface area contributed by atoms with E-state index in [9.17, 15) is 14.4 Å². The minimum atomic E-state index is -0.830. The van der Waals surface area contributed by atoms with Gasteiger partial charge in [-0.05, 0) is 48.3 Å². The van der Waals surface area contributed by atoms with E-state index < -0.39 is 17.9 Å². The van der Waals surface area contributed by atoms with Crippen LogP contribution >= 0.6 is 23.4 Å². The number of carbonyl (C=O) groups is 3. The summed E-state index contributed by atoms with van der Waals surface area (Å²) >= 11 is 7.60. The molecule has 0 N–H and O–H groups in total. The summed E-state index contributed by atoms with van der Waals surface area (Å²) in [7, 11) is 1.67. The highest BCUT2D eigenvalue weighted by molar-refractivity contribution is 7.98. The molecule has 0 aromatic heterocycles. The van der Waals surface area contributed by atoms with Crippen molar-refractivity contribution in [1.82, 2.24) is 9.80 Å². The van der Waals surface area contributed by atoms with Crippen LogP contribution in [-0.2, 0) is 11.3 Å². The predicted octanol–water partition coefficient (Wildman–Crippen LogP) is 3.72. The first-order valence-electron chi connectivity index (χ1n) is 8.89. The second-order valence-corrected chi connectivity index (χ2v) is 8.07. The molecule has 3 amide bonds. The molecule has 1 unspecified atom stereocenters. The second kappa shape index (κ2) is 8.80. The van der Waals surface area contributed by atoms with E-state index in [1.54, 1.807) is 60.1 Å². The molecule has 1 aliphatic heterocycles. The number of thioether (sulfide) groups is 1. The molecule has 3 rings (SSSR count). The van der Waals surface area contributed by atoms with Crippen molar-refractivity contribution in [3.05, 3.63) is 70.2 Å². The van der Waals surface area contributed by atoms with Crippen molar-refractivity contribution < 1.29 is 14.4 Å². The van der Waals surface area contributed by atoms with E-state index >= 15 is 0 Å². The Balaban J connectivity index is 1.84. The Labute approximate surface area is 173 Å². The first kappa shape index (κ1) is 20.4. The molecule has 5 nitrogen and oxygen atoms in total. The van der Waals surface area contributed by atoms with E-state index in [2.05, 4.69) is 0 Å². The van der Waals surface area contributed by atoms with E-state index in [0.717, 1.165) is 10.5 Å². The SMILES string of the molecule is CSCCC(C(=O)N(C)Cc1cccc(Cl)c1)N1C(=O)c2ccccc2C1=O. The van der Waals surface area contributed by atoms with Crippen LogP contribution in [-0.4, -0.2) is 52.6 Å². The van der Waals surface area contributed by atoms with Gasteiger partial charge >= 0.3 is 0 Å². The van der Waals surface area contributed by atoms with Gasteiger partial charge in [-0.2, -0.15) is 11.8 Å². The third-order valence-corrected chi connectivity index (χ3v) is 5.58. The normalized spacial score (nSPS) is 14.2. The highest BCUT2D eigenvalue weighted by atomic mass is 35.5. The van der Waals surface area contributed by atoms with Gasteiger partial charge in [0.05, 0.1) is 11.1 Å². The van der Waals surface area contributed by atoms with Gasteiger partial charge in [0.2, 0.25) is 5.91 Å². The highest BCUT2D eigenvalue weighted by Gasteiger charge is 2.43. The number of carbonyl (C=O) groups excluding carboxylic acids is 3. The number of nitrogens with zero attached hydrogens (tertiary/aromatic N) is 2. The summed E-state index contributed by atoms with van der Waals surface area (Å²) in [5.74, 6) is -0.412. The van der Waals surface area contributed by atoms with Crippen molar-refractivity contribution in [1.29, 1.82) is 0 Å². The molecule has 2 aromatic carbocycles. The summed E-state index contributed by atoms with van der Waals surface area (Å²) in [6.07, 6.45) is 2.34. The maximum atomic E-state index is 13.2. The van der Waals surface area contributed by atoms with Crippen LogP contribution in [0.25, 0.3) is 0 Å². The lowest BCUT2D eigenvalue weighted by atomic mass is 10.1. The topological polar surface area (TPSA) is 57.7 Å². The third-order valence-electron chi connectivity index (χ3n) is 4.70. The Morgan fingerprint density at radius 1 is 1.11 bits per heavy atom. The summed E-state index contributed by atoms with van der Waals surface area (Å²) in [6.45, 7) is 0.346. The summed E-state index contributed by atoms with van der Waals surface area (Å²) in [5.41, 5.74) is 1.59. The fraction of sp³-hybridized carbons (Fsp3) is 0.286. The van der Waals surface area contributed by atoms with Crippen molar-refractivity contribution in [2.24, 2.45) is 0 Å². The Morgan fingerprint density at radius 2 is 1.75 bits per heavy atom. The number of hydrogen-bond donors (Lipinski definition) is 0. The molecule has 0 radical (unpaired) electrons. The molecule has 28 heavy (non-hydrogen) atoms. The van der Waals surface area contributed by atoms with Gasteiger partial charge in [0.1, 0.15) is 6.04 Å². The Bertz CT molecular complexity index is 883. The quantitative estimate of drug-likeness (QED) is 0.645. The molecule has 0 spiro atoms. The van der Waals surface area contributed by atoms with E-state index in [4.69, 9.17) is 11.6 Å². The molecule has 0 saturated heterocycles. The molecule has 1 aliphatic rings. The predicted molar refractivity (Wildman–Crippen MR) is 112 cm³/mol. The molecule has 2 aromatic rings. The van der Waals surface area contributed by atoms with Crippen LogP contribution in [0.4, 0.5) is 0 Å². The molecule has 7 heteroatoms. The number of benzene rings is 2.